The third kappa shape index (κ3) is 3.37. The molecule has 1 aromatic rings. The Kier molecular flexibility index (Phi) is 3.85. The monoisotopic (exact) mass is 261 g/mol. The summed E-state index contributed by atoms with van der Waals surface area (Å²) in [5, 5.41) is 3.59. The van der Waals surface area contributed by atoms with Gasteiger partial charge < -0.3 is 10.1 Å². The molecule has 0 spiro atoms. The first kappa shape index (κ1) is 12.7. The normalized spacial score (nSPS) is 20.9. The number of hydrogen-bond donors (Lipinski definition) is 1. The molecule has 0 aromatic carbocycles. The second kappa shape index (κ2) is 5.76. The van der Waals surface area contributed by atoms with E-state index in [1.54, 1.807) is 7.11 Å². The predicted octanol–water partition coefficient (Wildman–Crippen LogP) is 3.50. The van der Waals surface area contributed by atoms with Crippen molar-refractivity contribution in [2.24, 2.45) is 0 Å². The minimum absolute atomic E-state index is 0.560. The quantitative estimate of drug-likeness (QED) is 0.843. The molecule has 0 amide bonds. The van der Waals surface area contributed by atoms with Crippen molar-refractivity contribution in [2.45, 2.75) is 63.3 Å². The zero-order valence-corrected chi connectivity index (χ0v) is 11.7. The molecule has 2 aliphatic carbocycles. The van der Waals surface area contributed by atoms with E-state index in [9.17, 15) is 0 Å². The van der Waals surface area contributed by atoms with Gasteiger partial charge in [-0.1, -0.05) is 25.7 Å². The zero-order chi connectivity index (χ0) is 13.1. The van der Waals surface area contributed by atoms with E-state index in [-0.39, 0.29) is 0 Å². The highest BCUT2D eigenvalue weighted by Crippen LogP contribution is 2.39. The van der Waals surface area contributed by atoms with E-state index in [0.29, 0.717) is 17.8 Å². The van der Waals surface area contributed by atoms with Crippen LogP contribution in [0.5, 0.6) is 5.88 Å². The molecule has 0 aliphatic heterocycles. The molecule has 0 atom stereocenters. The van der Waals surface area contributed by atoms with Gasteiger partial charge in [0.05, 0.1) is 7.11 Å². The van der Waals surface area contributed by atoms with E-state index in [0.717, 1.165) is 11.6 Å². The van der Waals surface area contributed by atoms with Crippen molar-refractivity contribution in [3.05, 3.63) is 11.9 Å². The molecule has 3 rings (SSSR count). The molecule has 0 unspecified atom stereocenters. The summed E-state index contributed by atoms with van der Waals surface area (Å²) in [4.78, 5) is 9.12. The van der Waals surface area contributed by atoms with Gasteiger partial charge in [0.2, 0.25) is 5.88 Å². The number of anilines is 1. The average Bonchev–Trinajstić information content (AvgIpc) is 3.26. The molecule has 1 N–H and O–H groups in total. The highest BCUT2D eigenvalue weighted by molar-refractivity contribution is 5.40. The average molecular weight is 261 g/mol. The smallest absolute Gasteiger partial charge is 0.218 e. The molecule has 4 nitrogen and oxygen atoms in total. The Morgan fingerprint density at radius 3 is 2.42 bits per heavy atom. The molecule has 19 heavy (non-hydrogen) atoms. The van der Waals surface area contributed by atoms with Crippen LogP contribution in [0, 0.1) is 0 Å². The van der Waals surface area contributed by atoms with Crippen molar-refractivity contribution >= 4 is 5.82 Å². The Balaban J connectivity index is 1.73. The second-order valence-electron chi connectivity index (χ2n) is 5.76. The number of nitrogens with zero attached hydrogens (tertiary/aromatic N) is 2. The summed E-state index contributed by atoms with van der Waals surface area (Å²) >= 11 is 0. The fourth-order valence-corrected chi connectivity index (χ4v) is 2.78. The Morgan fingerprint density at radius 1 is 1.05 bits per heavy atom. The number of rotatable bonds is 4. The maximum atomic E-state index is 5.30. The summed E-state index contributed by atoms with van der Waals surface area (Å²) in [6.07, 6.45) is 10.4. The molecule has 0 radical (unpaired) electrons. The molecule has 2 fully saturated rings. The van der Waals surface area contributed by atoms with Crippen molar-refractivity contribution in [3.8, 4) is 5.88 Å². The lowest BCUT2D eigenvalue weighted by Gasteiger charge is -2.17. The minimum Gasteiger partial charge on any atom is -0.481 e. The maximum Gasteiger partial charge on any atom is 0.218 e. The summed E-state index contributed by atoms with van der Waals surface area (Å²) in [6, 6.07) is 2.49. The van der Waals surface area contributed by atoms with Gasteiger partial charge in [0.15, 0.2) is 0 Å². The topological polar surface area (TPSA) is 47.0 Å². The van der Waals surface area contributed by atoms with E-state index >= 15 is 0 Å². The van der Waals surface area contributed by atoms with Gasteiger partial charge in [-0.3, -0.25) is 0 Å². The molecule has 2 saturated carbocycles. The first-order valence-electron chi connectivity index (χ1n) is 7.54. The van der Waals surface area contributed by atoms with Crippen molar-refractivity contribution in [1.82, 2.24) is 9.97 Å². The van der Waals surface area contributed by atoms with Gasteiger partial charge in [-0.05, 0) is 25.7 Å². The molecular weight excluding hydrogens is 238 g/mol. The molecular formula is C15H23N3O. The van der Waals surface area contributed by atoms with Crippen LogP contribution in [-0.2, 0) is 0 Å². The third-order valence-electron chi connectivity index (χ3n) is 4.08. The largest absolute Gasteiger partial charge is 0.481 e. The molecule has 1 aromatic heterocycles. The highest BCUT2D eigenvalue weighted by Gasteiger charge is 2.27. The Hall–Kier alpha value is -1.32. The van der Waals surface area contributed by atoms with Gasteiger partial charge in [0.1, 0.15) is 11.6 Å². The number of nitrogens with one attached hydrogen (secondary N) is 1. The molecule has 0 bridgehead atoms. The summed E-state index contributed by atoms with van der Waals surface area (Å²) < 4.78 is 5.30. The van der Waals surface area contributed by atoms with Crippen LogP contribution in [0.3, 0.4) is 0 Å². The zero-order valence-electron chi connectivity index (χ0n) is 11.7. The van der Waals surface area contributed by atoms with Crippen molar-refractivity contribution in [3.63, 3.8) is 0 Å². The van der Waals surface area contributed by atoms with Crippen LogP contribution in [0.1, 0.15) is 63.1 Å². The molecule has 104 valence electrons. The second-order valence-corrected chi connectivity index (χ2v) is 5.76. The van der Waals surface area contributed by atoms with Crippen molar-refractivity contribution in [2.75, 3.05) is 12.4 Å². The van der Waals surface area contributed by atoms with Crippen LogP contribution in [-0.4, -0.2) is 23.1 Å². The van der Waals surface area contributed by atoms with E-state index in [4.69, 9.17) is 4.74 Å². The first-order valence-corrected chi connectivity index (χ1v) is 7.54. The Bertz CT molecular complexity index is 423. The minimum atomic E-state index is 0.560. The highest BCUT2D eigenvalue weighted by atomic mass is 16.5. The van der Waals surface area contributed by atoms with Crippen LogP contribution in [0.2, 0.25) is 0 Å². The maximum absolute atomic E-state index is 5.30. The fraction of sp³-hybridized carbons (Fsp3) is 0.733. The summed E-state index contributed by atoms with van der Waals surface area (Å²) in [6.45, 7) is 0. The predicted molar refractivity (Wildman–Crippen MR) is 75.7 cm³/mol. The molecule has 4 heteroatoms. The van der Waals surface area contributed by atoms with Gasteiger partial charge in [-0.25, -0.2) is 4.98 Å². The van der Waals surface area contributed by atoms with Crippen molar-refractivity contribution in [1.29, 1.82) is 0 Å². The van der Waals surface area contributed by atoms with E-state index < -0.39 is 0 Å². The SMILES string of the molecule is COc1cc(NC2CCCCCC2)nc(C2CC2)n1. The molecule has 1 heterocycles. The standard InChI is InChI=1S/C15H23N3O/c1-19-14-10-13(17-15(18-14)11-8-9-11)16-12-6-4-2-3-5-7-12/h10-12H,2-9H2,1H3,(H,16,17,18). The van der Waals surface area contributed by atoms with Crippen LogP contribution < -0.4 is 10.1 Å². The van der Waals surface area contributed by atoms with Crippen LogP contribution in [0.4, 0.5) is 5.82 Å². The van der Waals surface area contributed by atoms with Gasteiger partial charge in [0.25, 0.3) is 0 Å². The number of hydrogen-bond acceptors (Lipinski definition) is 4. The third-order valence-corrected chi connectivity index (χ3v) is 4.08. The number of ether oxygens (including phenoxy) is 1. The summed E-state index contributed by atoms with van der Waals surface area (Å²) in [7, 11) is 1.68. The lowest BCUT2D eigenvalue weighted by atomic mass is 10.1. The van der Waals surface area contributed by atoms with Crippen molar-refractivity contribution < 1.29 is 4.74 Å². The first-order chi connectivity index (χ1) is 9.35. The summed E-state index contributed by atoms with van der Waals surface area (Å²) in [5.41, 5.74) is 0. The Labute approximate surface area is 115 Å². The number of methoxy groups -OCH3 is 1. The molecule has 2 aliphatic rings. The number of aromatic nitrogens is 2. The lowest BCUT2D eigenvalue weighted by Crippen LogP contribution is -2.19. The molecule has 0 saturated heterocycles. The van der Waals surface area contributed by atoms with E-state index in [2.05, 4.69) is 15.3 Å². The van der Waals surface area contributed by atoms with Crippen LogP contribution in [0.25, 0.3) is 0 Å². The Morgan fingerprint density at radius 2 is 1.79 bits per heavy atom. The lowest BCUT2D eigenvalue weighted by molar-refractivity contribution is 0.395. The fourth-order valence-electron chi connectivity index (χ4n) is 2.78. The van der Waals surface area contributed by atoms with Gasteiger partial charge in [0, 0.05) is 18.0 Å². The van der Waals surface area contributed by atoms with Gasteiger partial charge >= 0.3 is 0 Å². The van der Waals surface area contributed by atoms with Crippen LogP contribution in [0.15, 0.2) is 6.07 Å². The van der Waals surface area contributed by atoms with E-state index in [1.807, 2.05) is 6.07 Å². The van der Waals surface area contributed by atoms with E-state index in [1.165, 1.54) is 51.4 Å². The summed E-state index contributed by atoms with van der Waals surface area (Å²) in [5.74, 6) is 3.15. The van der Waals surface area contributed by atoms with Gasteiger partial charge in [-0.2, -0.15) is 4.98 Å². The van der Waals surface area contributed by atoms with Gasteiger partial charge in [-0.15, -0.1) is 0 Å². The van der Waals surface area contributed by atoms with Crippen LogP contribution >= 0.6 is 0 Å².